The van der Waals surface area contributed by atoms with Gasteiger partial charge in [0.25, 0.3) is 0 Å². The smallest absolute Gasteiger partial charge is 0.407 e. The number of alkyl carbamates (subject to hydrolysis) is 1. The van der Waals surface area contributed by atoms with E-state index in [2.05, 4.69) is 5.32 Å². The van der Waals surface area contributed by atoms with Gasteiger partial charge in [0.2, 0.25) is 0 Å². The summed E-state index contributed by atoms with van der Waals surface area (Å²) in [5.74, 6) is 0. The lowest BCUT2D eigenvalue weighted by Gasteiger charge is -2.19. The van der Waals surface area contributed by atoms with Gasteiger partial charge < -0.3 is 20.1 Å². The maximum absolute atomic E-state index is 10.9. The Morgan fingerprint density at radius 2 is 2.23 bits per heavy atom. The van der Waals surface area contributed by atoms with Crippen LogP contribution in [-0.2, 0) is 4.74 Å². The molecule has 0 saturated heterocycles. The van der Waals surface area contributed by atoms with Crippen molar-refractivity contribution < 1.29 is 14.6 Å². The van der Waals surface area contributed by atoms with Crippen LogP contribution in [0.1, 0.15) is 6.92 Å². The Balaban J connectivity index is 3.76. The van der Waals surface area contributed by atoms with Crippen molar-refractivity contribution in [3.05, 3.63) is 0 Å². The standard InChI is InChI=1S/C8H18N2O3/c1-4-9-8(12)13-7(6-11)5-10(2)3/h7,11H,4-6H2,1-3H3,(H,9,12). The summed E-state index contributed by atoms with van der Waals surface area (Å²) in [6.45, 7) is 2.70. The Hall–Kier alpha value is -0.810. The lowest BCUT2D eigenvalue weighted by atomic mass is 10.3. The van der Waals surface area contributed by atoms with Crippen molar-refractivity contribution in [3.63, 3.8) is 0 Å². The minimum absolute atomic E-state index is 0.157. The highest BCUT2D eigenvalue weighted by Gasteiger charge is 2.13. The number of nitrogens with zero attached hydrogens (tertiary/aromatic N) is 1. The van der Waals surface area contributed by atoms with Gasteiger partial charge in [0.1, 0.15) is 6.10 Å². The average molecular weight is 190 g/mol. The van der Waals surface area contributed by atoms with Crippen LogP contribution in [0.4, 0.5) is 4.79 Å². The van der Waals surface area contributed by atoms with Crippen LogP contribution in [0.5, 0.6) is 0 Å². The Labute approximate surface area is 78.7 Å². The van der Waals surface area contributed by atoms with Gasteiger partial charge in [0, 0.05) is 13.1 Å². The van der Waals surface area contributed by atoms with Crippen molar-refractivity contribution in [1.82, 2.24) is 10.2 Å². The summed E-state index contributed by atoms with van der Waals surface area (Å²) >= 11 is 0. The van der Waals surface area contributed by atoms with Crippen LogP contribution in [-0.4, -0.2) is 56.0 Å². The molecule has 1 unspecified atom stereocenters. The average Bonchev–Trinajstić information content (AvgIpc) is 2.02. The van der Waals surface area contributed by atoms with Crippen molar-refractivity contribution in [1.29, 1.82) is 0 Å². The van der Waals surface area contributed by atoms with Gasteiger partial charge in [-0.15, -0.1) is 0 Å². The zero-order valence-electron chi connectivity index (χ0n) is 8.41. The Bertz CT molecular complexity index is 150. The van der Waals surface area contributed by atoms with Crippen LogP contribution in [0.3, 0.4) is 0 Å². The molecule has 1 atom stereocenters. The summed E-state index contributed by atoms with van der Waals surface area (Å²) in [6, 6.07) is 0. The van der Waals surface area contributed by atoms with Gasteiger partial charge in [-0.3, -0.25) is 0 Å². The number of amides is 1. The first-order chi connectivity index (χ1) is 6.10. The van der Waals surface area contributed by atoms with Gasteiger partial charge >= 0.3 is 6.09 Å². The molecule has 0 aromatic rings. The summed E-state index contributed by atoms with van der Waals surface area (Å²) < 4.78 is 4.91. The molecule has 0 spiro atoms. The second-order valence-electron chi connectivity index (χ2n) is 3.00. The van der Waals surface area contributed by atoms with Crippen molar-refractivity contribution >= 4 is 6.09 Å². The fourth-order valence-corrected chi connectivity index (χ4v) is 0.877. The molecule has 13 heavy (non-hydrogen) atoms. The summed E-state index contributed by atoms with van der Waals surface area (Å²) in [6.07, 6.45) is -0.940. The van der Waals surface area contributed by atoms with E-state index in [1.807, 2.05) is 19.0 Å². The number of aliphatic hydroxyl groups excluding tert-OH is 1. The number of hydrogen-bond donors (Lipinski definition) is 2. The molecule has 2 N–H and O–H groups in total. The lowest BCUT2D eigenvalue weighted by molar-refractivity contribution is 0.0430. The number of likely N-dealkylation sites (N-methyl/N-ethyl adjacent to an activating group) is 1. The minimum atomic E-state index is -0.483. The predicted octanol–water partition coefficient (Wildman–Crippen LogP) is -0.345. The van der Waals surface area contributed by atoms with Gasteiger partial charge in [-0.05, 0) is 21.0 Å². The van der Waals surface area contributed by atoms with Crippen molar-refractivity contribution in [2.75, 3.05) is 33.8 Å². The Morgan fingerprint density at radius 3 is 2.62 bits per heavy atom. The number of carbonyl (C=O) groups is 1. The number of hydrogen-bond acceptors (Lipinski definition) is 4. The second kappa shape index (κ2) is 6.68. The first-order valence-electron chi connectivity index (χ1n) is 4.30. The van der Waals surface area contributed by atoms with E-state index < -0.39 is 12.2 Å². The van der Waals surface area contributed by atoms with Gasteiger partial charge in [-0.25, -0.2) is 4.79 Å². The summed E-state index contributed by atoms with van der Waals surface area (Å²) in [7, 11) is 3.70. The SMILES string of the molecule is CCNC(=O)OC(CO)CN(C)C. The molecule has 5 nitrogen and oxygen atoms in total. The van der Waals surface area contributed by atoms with E-state index in [1.165, 1.54) is 0 Å². The number of carbonyl (C=O) groups excluding carboxylic acids is 1. The van der Waals surface area contributed by atoms with E-state index in [1.54, 1.807) is 6.92 Å². The molecule has 0 saturated carbocycles. The normalized spacial score (nSPS) is 12.7. The maximum atomic E-state index is 10.9. The van der Waals surface area contributed by atoms with E-state index >= 15 is 0 Å². The number of nitrogens with one attached hydrogen (secondary N) is 1. The first-order valence-corrected chi connectivity index (χ1v) is 4.30. The van der Waals surface area contributed by atoms with E-state index in [9.17, 15) is 4.79 Å². The molecule has 0 heterocycles. The van der Waals surface area contributed by atoms with Crippen LogP contribution in [0.25, 0.3) is 0 Å². The highest BCUT2D eigenvalue weighted by Crippen LogP contribution is 1.93. The minimum Gasteiger partial charge on any atom is -0.442 e. The molecule has 5 heteroatoms. The van der Waals surface area contributed by atoms with Gasteiger partial charge in [0.15, 0.2) is 0 Å². The molecule has 0 aromatic heterocycles. The zero-order valence-corrected chi connectivity index (χ0v) is 8.41. The van der Waals surface area contributed by atoms with E-state index in [0.29, 0.717) is 13.1 Å². The maximum Gasteiger partial charge on any atom is 0.407 e. The highest BCUT2D eigenvalue weighted by atomic mass is 16.6. The molecular weight excluding hydrogens is 172 g/mol. The third kappa shape index (κ3) is 6.36. The van der Waals surface area contributed by atoms with Gasteiger partial charge in [0.05, 0.1) is 6.61 Å². The van der Waals surface area contributed by atoms with Crippen LogP contribution < -0.4 is 5.32 Å². The third-order valence-corrected chi connectivity index (χ3v) is 1.37. The molecule has 0 fully saturated rings. The van der Waals surface area contributed by atoms with Crippen LogP contribution in [0.15, 0.2) is 0 Å². The number of rotatable bonds is 5. The van der Waals surface area contributed by atoms with Crippen LogP contribution in [0, 0.1) is 0 Å². The van der Waals surface area contributed by atoms with E-state index in [0.717, 1.165) is 0 Å². The first kappa shape index (κ1) is 12.2. The number of aliphatic hydroxyl groups is 1. The predicted molar refractivity (Wildman–Crippen MR) is 49.6 cm³/mol. The molecule has 0 rings (SSSR count). The third-order valence-electron chi connectivity index (χ3n) is 1.37. The molecule has 0 radical (unpaired) electrons. The fourth-order valence-electron chi connectivity index (χ4n) is 0.877. The quantitative estimate of drug-likeness (QED) is 0.622. The lowest BCUT2D eigenvalue weighted by Crippen LogP contribution is -2.36. The monoisotopic (exact) mass is 190 g/mol. The molecular formula is C8H18N2O3. The van der Waals surface area contributed by atoms with Crippen molar-refractivity contribution in [2.24, 2.45) is 0 Å². The molecule has 0 aliphatic heterocycles. The molecule has 0 aliphatic rings. The molecule has 0 aliphatic carbocycles. The second-order valence-corrected chi connectivity index (χ2v) is 3.00. The molecule has 1 amide bonds. The summed E-state index contributed by atoms with van der Waals surface area (Å²) in [5, 5.41) is 11.4. The van der Waals surface area contributed by atoms with Gasteiger partial charge in [-0.2, -0.15) is 0 Å². The van der Waals surface area contributed by atoms with E-state index in [-0.39, 0.29) is 6.61 Å². The van der Waals surface area contributed by atoms with Crippen molar-refractivity contribution in [3.8, 4) is 0 Å². The fraction of sp³-hybridized carbons (Fsp3) is 0.875. The Morgan fingerprint density at radius 1 is 1.62 bits per heavy atom. The highest BCUT2D eigenvalue weighted by molar-refractivity contribution is 5.67. The van der Waals surface area contributed by atoms with Crippen LogP contribution >= 0.6 is 0 Å². The topological polar surface area (TPSA) is 61.8 Å². The summed E-state index contributed by atoms with van der Waals surface area (Å²) in [5.41, 5.74) is 0. The zero-order chi connectivity index (χ0) is 10.3. The molecule has 78 valence electrons. The largest absolute Gasteiger partial charge is 0.442 e. The van der Waals surface area contributed by atoms with Gasteiger partial charge in [-0.1, -0.05) is 0 Å². The van der Waals surface area contributed by atoms with Crippen molar-refractivity contribution in [2.45, 2.75) is 13.0 Å². The van der Waals surface area contributed by atoms with Crippen LogP contribution in [0.2, 0.25) is 0 Å². The van der Waals surface area contributed by atoms with E-state index in [4.69, 9.17) is 9.84 Å². The Kier molecular flexibility index (Phi) is 6.26. The number of ether oxygens (including phenoxy) is 1. The molecule has 0 aromatic carbocycles. The summed E-state index contributed by atoms with van der Waals surface area (Å²) in [4.78, 5) is 12.8. The molecule has 0 bridgehead atoms.